The fraction of sp³-hybridized carbons (Fsp3) is 0.818. The molecule has 1 rings (SSSR count). The molecule has 0 spiro atoms. The predicted octanol–water partition coefficient (Wildman–Crippen LogP) is 1.79. The molecule has 6 nitrogen and oxygen atoms in total. The van der Waals surface area contributed by atoms with Crippen molar-refractivity contribution in [3.63, 3.8) is 0 Å². The molecule has 98 valence electrons. The predicted molar refractivity (Wildman–Crippen MR) is 57.0 cm³/mol. The second-order valence-electron chi connectivity index (χ2n) is 4.23. The molecule has 0 aromatic carbocycles. The van der Waals surface area contributed by atoms with Gasteiger partial charge in [0, 0.05) is 0 Å². The quantitative estimate of drug-likeness (QED) is 0.365. The van der Waals surface area contributed by atoms with E-state index in [0.717, 1.165) is 25.7 Å². The van der Waals surface area contributed by atoms with Crippen molar-refractivity contribution in [2.24, 2.45) is 5.92 Å². The van der Waals surface area contributed by atoms with Crippen LogP contribution in [0.1, 0.15) is 45.4 Å². The molecule has 0 aromatic heterocycles. The molecule has 0 saturated carbocycles. The van der Waals surface area contributed by atoms with E-state index in [1.165, 1.54) is 0 Å². The molecular weight excluding hydrogens is 228 g/mol. The minimum atomic E-state index is -1.95. The molecule has 1 heterocycles. The molecule has 1 unspecified atom stereocenters. The Morgan fingerprint density at radius 2 is 1.71 bits per heavy atom. The van der Waals surface area contributed by atoms with Gasteiger partial charge < -0.3 is 10.2 Å². The number of hydrogen-bond donors (Lipinski definition) is 2. The van der Waals surface area contributed by atoms with Crippen LogP contribution >= 0.6 is 0 Å². The average Bonchev–Trinajstić information content (AvgIpc) is 3.04. The molecule has 1 aliphatic rings. The number of carboxylic acids is 2. The summed E-state index contributed by atoms with van der Waals surface area (Å²) < 4.78 is 0. The number of unbranched alkanes of at least 4 members (excludes halogenated alkanes) is 4. The third-order valence-electron chi connectivity index (χ3n) is 2.91. The number of carbonyl (C=O) groups is 2. The molecule has 2 N–H and O–H groups in total. The lowest BCUT2D eigenvalue weighted by molar-refractivity contribution is -0.157. The molecule has 17 heavy (non-hydrogen) atoms. The van der Waals surface area contributed by atoms with Gasteiger partial charge in [-0.2, -0.15) is 9.78 Å². The number of hydrogen-bond acceptors (Lipinski definition) is 4. The van der Waals surface area contributed by atoms with Gasteiger partial charge in [-0.25, -0.2) is 4.79 Å². The average molecular weight is 246 g/mol. The Bertz CT molecular complexity index is 284. The molecule has 6 heteroatoms. The van der Waals surface area contributed by atoms with E-state index in [0.29, 0.717) is 6.42 Å². The number of aliphatic carboxylic acids is 2. The van der Waals surface area contributed by atoms with Gasteiger partial charge in [0.25, 0.3) is 0 Å². The maximum Gasteiger partial charge on any atom is 0.371 e. The molecule has 0 radical (unpaired) electrons. The first kappa shape index (κ1) is 13.9. The molecule has 1 fully saturated rings. The highest BCUT2D eigenvalue weighted by molar-refractivity contribution is 5.85. The molecule has 0 bridgehead atoms. The van der Waals surface area contributed by atoms with Gasteiger partial charge in [-0.15, -0.1) is 0 Å². The first-order valence-electron chi connectivity index (χ1n) is 5.87. The summed E-state index contributed by atoms with van der Waals surface area (Å²) in [6.45, 7) is 2.09. The van der Waals surface area contributed by atoms with Gasteiger partial charge in [-0.05, 0) is 6.42 Å². The molecule has 0 amide bonds. The van der Waals surface area contributed by atoms with Crippen LogP contribution in [0, 0.1) is 5.92 Å². The minimum absolute atomic E-state index is 0.255. The van der Waals surface area contributed by atoms with E-state index in [4.69, 9.17) is 10.2 Å². The third-order valence-corrected chi connectivity index (χ3v) is 2.91. The lowest BCUT2D eigenvalue weighted by Gasteiger charge is -2.12. The monoisotopic (exact) mass is 246 g/mol. The highest BCUT2D eigenvalue weighted by atomic mass is 17.4. The molecular formula is C11H18O6. The van der Waals surface area contributed by atoms with Crippen LogP contribution < -0.4 is 0 Å². The van der Waals surface area contributed by atoms with E-state index in [1.807, 2.05) is 0 Å². The van der Waals surface area contributed by atoms with Crippen LogP contribution in [0.4, 0.5) is 0 Å². The zero-order valence-corrected chi connectivity index (χ0v) is 9.85. The second kappa shape index (κ2) is 5.97. The van der Waals surface area contributed by atoms with E-state index in [2.05, 4.69) is 16.7 Å². The van der Waals surface area contributed by atoms with E-state index in [9.17, 15) is 9.59 Å². The van der Waals surface area contributed by atoms with E-state index in [1.54, 1.807) is 0 Å². The fourth-order valence-electron chi connectivity index (χ4n) is 1.81. The van der Waals surface area contributed by atoms with Gasteiger partial charge in [0.2, 0.25) is 0 Å². The first-order chi connectivity index (χ1) is 8.04. The molecule has 1 aliphatic heterocycles. The van der Waals surface area contributed by atoms with Crippen molar-refractivity contribution in [2.75, 3.05) is 0 Å². The van der Waals surface area contributed by atoms with E-state index >= 15 is 0 Å². The zero-order chi connectivity index (χ0) is 12.9. The normalized spacial score (nSPS) is 18.6. The highest BCUT2D eigenvalue weighted by Gasteiger charge is 2.65. The summed E-state index contributed by atoms with van der Waals surface area (Å²) in [5.74, 6) is -5.66. The Kier molecular flexibility index (Phi) is 4.89. The summed E-state index contributed by atoms with van der Waals surface area (Å²) in [6, 6.07) is 0. The van der Waals surface area contributed by atoms with Crippen molar-refractivity contribution < 1.29 is 29.6 Å². The van der Waals surface area contributed by atoms with E-state index < -0.39 is 23.6 Å². The number of rotatable bonds is 9. The summed E-state index contributed by atoms with van der Waals surface area (Å²) >= 11 is 0. The lowest BCUT2D eigenvalue weighted by Crippen LogP contribution is -2.38. The molecule has 0 aromatic rings. The standard InChI is InChI=1S/C11H18O6/c1-2-3-4-5-6-7-8(9(12)13)11(10(14)15)16-17-11/h8H,2-7H2,1H3,(H,12,13)(H,14,15). The fourth-order valence-corrected chi connectivity index (χ4v) is 1.81. The summed E-state index contributed by atoms with van der Waals surface area (Å²) in [7, 11) is 0. The van der Waals surface area contributed by atoms with Crippen LogP contribution in [0.2, 0.25) is 0 Å². The lowest BCUT2D eigenvalue weighted by atomic mass is 9.93. The SMILES string of the molecule is CCCCCCCC(C(=O)O)C1(C(=O)O)OO1. The Hall–Kier alpha value is -1.14. The van der Waals surface area contributed by atoms with Crippen LogP contribution in [0.25, 0.3) is 0 Å². The van der Waals surface area contributed by atoms with Crippen molar-refractivity contribution in [2.45, 2.75) is 51.2 Å². The van der Waals surface area contributed by atoms with Crippen molar-refractivity contribution in [1.82, 2.24) is 0 Å². The topological polar surface area (TPSA) is 99.7 Å². The van der Waals surface area contributed by atoms with Crippen LogP contribution in [0.15, 0.2) is 0 Å². The first-order valence-corrected chi connectivity index (χ1v) is 5.87. The smallest absolute Gasteiger partial charge is 0.371 e. The Balaban J connectivity index is 2.40. The number of carboxylic acid groups (broad SMARTS) is 2. The van der Waals surface area contributed by atoms with Gasteiger partial charge in [-0.3, -0.25) is 4.79 Å². The van der Waals surface area contributed by atoms with E-state index in [-0.39, 0.29) is 6.42 Å². The Labute approximate surface area is 99.5 Å². The minimum Gasteiger partial charge on any atom is -0.481 e. The van der Waals surface area contributed by atoms with Crippen LogP contribution in [-0.4, -0.2) is 27.9 Å². The van der Waals surface area contributed by atoms with Gasteiger partial charge in [0.1, 0.15) is 5.92 Å². The van der Waals surface area contributed by atoms with Crippen LogP contribution in [0.3, 0.4) is 0 Å². The Morgan fingerprint density at radius 3 is 2.12 bits per heavy atom. The summed E-state index contributed by atoms with van der Waals surface area (Å²) in [5, 5.41) is 17.8. The maximum absolute atomic E-state index is 11.0. The van der Waals surface area contributed by atoms with Gasteiger partial charge in [0.15, 0.2) is 0 Å². The largest absolute Gasteiger partial charge is 0.481 e. The zero-order valence-electron chi connectivity index (χ0n) is 9.85. The summed E-state index contributed by atoms with van der Waals surface area (Å²) in [4.78, 5) is 30.6. The van der Waals surface area contributed by atoms with Gasteiger partial charge in [-0.1, -0.05) is 39.0 Å². The summed E-state index contributed by atoms with van der Waals surface area (Å²) in [5.41, 5.74) is 0. The van der Waals surface area contributed by atoms with Gasteiger partial charge >= 0.3 is 17.7 Å². The van der Waals surface area contributed by atoms with Crippen molar-refractivity contribution in [1.29, 1.82) is 0 Å². The van der Waals surface area contributed by atoms with Crippen molar-refractivity contribution in [3.05, 3.63) is 0 Å². The highest BCUT2D eigenvalue weighted by Crippen LogP contribution is 2.40. The molecule has 1 atom stereocenters. The maximum atomic E-state index is 11.0. The third kappa shape index (κ3) is 3.41. The van der Waals surface area contributed by atoms with Crippen LogP contribution in [-0.2, 0) is 19.4 Å². The Morgan fingerprint density at radius 1 is 1.12 bits per heavy atom. The molecule has 0 aliphatic carbocycles. The summed E-state index contributed by atoms with van der Waals surface area (Å²) in [6.07, 6.45) is 5.06. The van der Waals surface area contributed by atoms with Crippen molar-refractivity contribution in [3.8, 4) is 0 Å². The van der Waals surface area contributed by atoms with Crippen molar-refractivity contribution >= 4 is 11.9 Å². The van der Waals surface area contributed by atoms with Crippen LogP contribution in [0.5, 0.6) is 0 Å². The molecule has 1 saturated heterocycles. The second-order valence-corrected chi connectivity index (χ2v) is 4.23. The van der Waals surface area contributed by atoms with Gasteiger partial charge in [0.05, 0.1) is 0 Å².